The van der Waals surface area contributed by atoms with E-state index in [1.54, 1.807) is 6.20 Å². The van der Waals surface area contributed by atoms with E-state index in [4.69, 9.17) is 9.40 Å². The Morgan fingerprint density at radius 3 is 1.89 bits per heavy atom. The van der Waals surface area contributed by atoms with Crippen LogP contribution in [-0.4, -0.2) is 19.1 Å². The molecule has 305 valence electrons. The first-order valence-corrected chi connectivity index (χ1v) is 21.1. The first-order chi connectivity index (χ1) is 31.3. The zero-order valence-electron chi connectivity index (χ0n) is 34.3. The zero-order chi connectivity index (χ0) is 41.7. The van der Waals surface area contributed by atoms with Gasteiger partial charge in [0.25, 0.3) is 0 Å². The van der Waals surface area contributed by atoms with Gasteiger partial charge in [-0.15, -0.1) is 48.0 Å². The third-order valence-electron chi connectivity index (χ3n) is 11.9. The van der Waals surface area contributed by atoms with Crippen LogP contribution in [0.25, 0.3) is 111 Å². The molecule has 0 atom stereocenters. The molecule has 0 aliphatic heterocycles. The third-order valence-corrected chi connectivity index (χ3v) is 11.9. The molecule has 0 saturated heterocycles. The van der Waals surface area contributed by atoms with E-state index in [1.165, 1.54) is 16.3 Å². The number of rotatable bonds is 5. The summed E-state index contributed by atoms with van der Waals surface area (Å²) in [6.07, 6.45) is 1.79. The van der Waals surface area contributed by atoms with E-state index >= 15 is 0 Å². The van der Waals surface area contributed by atoms with E-state index in [0.29, 0.717) is 0 Å². The van der Waals surface area contributed by atoms with Crippen molar-refractivity contribution in [2.75, 3.05) is 0 Å². The molecule has 13 rings (SSSR count). The Kier molecular flexibility index (Phi) is 10.0. The maximum Gasteiger partial charge on any atom is 0.121 e. The first-order valence-electron chi connectivity index (χ1n) is 21.1. The zero-order valence-corrected chi connectivity index (χ0v) is 36.7. The standard InChI is InChI=1S/C47H28N3O.C11H8N.Ir/c1-2-12-30(13-3-1)31-22-25-33(26-23-31)49-45-34-15-5-4-14-32(34)24-28-39(45)48-47(49)38-27-29-42(44-37-18-8-11-21-43(37)51-46(38)44)50-40-19-9-6-16-35(40)36-17-7-10-20-41(36)50;1-2-6-10(7-3-1)11-8-4-5-9-12-11;/h1-26,28-29H;1-6,8-9H;/q2*-1;. The number of para-hydroxylation sites is 3. The van der Waals surface area contributed by atoms with Gasteiger partial charge in [-0.3, -0.25) is 4.98 Å². The predicted octanol–water partition coefficient (Wildman–Crippen LogP) is 14.9. The van der Waals surface area contributed by atoms with E-state index in [2.05, 4.69) is 184 Å². The molecule has 6 heteroatoms. The largest absolute Gasteiger partial charge is 0.500 e. The third kappa shape index (κ3) is 6.60. The molecule has 0 bridgehead atoms. The summed E-state index contributed by atoms with van der Waals surface area (Å²) in [5.41, 5.74) is 13.1. The summed E-state index contributed by atoms with van der Waals surface area (Å²) in [7, 11) is 0. The molecule has 0 saturated carbocycles. The maximum absolute atomic E-state index is 6.85. The second kappa shape index (κ2) is 16.4. The summed E-state index contributed by atoms with van der Waals surface area (Å²) >= 11 is 0. The van der Waals surface area contributed by atoms with Crippen LogP contribution in [0.4, 0.5) is 0 Å². The molecule has 0 aliphatic carbocycles. The van der Waals surface area contributed by atoms with Crippen LogP contribution in [0.1, 0.15) is 0 Å². The summed E-state index contributed by atoms with van der Waals surface area (Å²) in [4.78, 5) is 9.59. The molecule has 1 radical (unpaired) electrons. The average molecular weight is 997 g/mol. The predicted molar refractivity (Wildman–Crippen MR) is 258 cm³/mol. The maximum atomic E-state index is 6.85. The Morgan fingerprint density at radius 2 is 1.16 bits per heavy atom. The van der Waals surface area contributed by atoms with Gasteiger partial charge in [0.05, 0.1) is 22.4 Å². The Bertz CT molecular complexity index is 3690. The average Bonchev–Trinajstić information content (AvgIpc) is 4.06. The summed E-state index contributed by atoms with van der Waals surface area (Å²) in [5.74, 6) is 0.784. The minimum atomic E-state index is 0. The first kappa shape index (κ1) is 39.0. The van der Waals surface area contributed by atoms with Crippen LogP contribution in [0.5, 0.6) is 0 Å². The molecule has 0 fully saturated rings. The van der Waals surface area contributed by atoms with Gasteiger partial charge in [-0.2, -0.15) is 0 Å². The van der Waals surface area contributed by atoms with Crippen LogP contribution in [0.15, 0.2) is 223 Å². The van der Waals surface area contributed by atoms with E-state index in [-0.39, 0.29) is 20.1 Å². The van der Waals surface area contributed by atoms with Crippen LogP contribution in [-0.2, 0) is 20.1 Å². The van der Waals surface area contributed by atoms with Crippen molar-refractivity contribution in [1.29, 1.82) is 0 Å². The molecule has 4 aromatic heterocycles. The summed E-state index contributed by atoms with van der Waals surface area (Å²) in [6, 6.07) is 80.3. The van der Waals surface area contributed by atoms with Crippen molar-refractivity contribution < 1.29 is 24.5 Å². The van der Waals surface area contributed by atoms with Crippen molar-refractivity contribution in [3.8, 4) is 45.1 Å². The fraction of sp³-hybridized carbons (Fsp3) is 0. The van der Waals surface area contributed by atoms with Gasteiger partial charge >= 0.3 is 0 Å². The summed E-state index contributed by atoms with van der Waals surface area (Å²) < 4.78 is 11.5. The number of hydrogen-bond donors (Lipinski definition) is 0. The Labute approximate surface area is 382 Å². The smallest absolute Gasteiger partial charge is 0.121 e. The molecule has 5 nitrogen and oxygen atoms in total. The second-order valence-corrected chi connectivity index (χ2v) is 15.6. The van der Waals surface area contributed by atoms with E-state index in [9.17, 15) is 0 Å². The van der Waals surface area contributed by atoms with Crippen LogP contribution < -0.4 is 0 Å². The van der Waals surface area contributed by atoms with Crippen LogP contribution in [0.3, 0.4) is 0 Å². The van der Waals surface area contributed by atoms with Crippen molar-refractivity contribution in [3.63, 3.8) is 0 Å². The molecule has 0 N–H and O–H groups in total. The van der Waals surface area contributed by atoms with E-state index < -0.39 is 0 Å². The molecule has 9 aromatic carbocycles. The van der Waals surface area contributed by atoms with E-state index in [0.717, 1.165) is 94.4 Å². The number of imidazole rings is 1. The van der Waals surface area contributed by atoms with Crippen LogP contribution in [0, 0.1) is 12.1 Å². The number of nitrogens with zero attached hydrogens (tertiary/aromatic N) is 4. The minimum absolute atomic E-state index is 0. The van der Waals surface area contributed by atoms with Gasteiger partial charge < -0.3 is 18.5 Å². The number of fused-ring (bicyclic) bond motifs is 9. The molecule has 4 heterocycles. The molecular formula is C58H36IrN4O-2. The van der Waals surface area contributed by atoms with Crippen LogP contribution in [0.2, 0.25) is 0 Å². The summed E-state index contributed by atoms with van der Waals surface area (Å²) in [5, 5.41) is 6.83. The van der Waals surface area contributed by atoms with Crippen LogP contribution >= 0.6 is 0 Å². The number of pyridine rings is 1. The van der Waals surface area contributed by atoms with Crippen molar-refractivity contribution in [2.45, 2.75) is 0 Å². The molecule has 13 aromatic rings. The molecule has 0 unspecified atom stereocenters. The molecule has 0 spiro atoms. The number of aromatic nitrogens is 4. The Hall–Kier alpha value is -7.89. The SMILES string of the molecule is [Ir].[c-]1cc(-n2c3ccccc3c3ccccc32)c2c(oc3ccccc32)c1-c1nc2ccc3ccccc3c2n1-c1ccc(-c2ccccc2)cc1.[c-]1ccccc1-c1ccccn1. The van der Waals surface area contributed by atoms with E-state index in [1.807, 2.05) is 54.6 Å². The molecule has 64 heavy (non-hydrogen) atoms. The Balaban J connectivity index is 0.000000305. The quantitative estimate of drug-likeness (QED) is 0.161. The topological polar surface area (TPSA) is 48.8 Å². The summed E-state index contributed by atoms with van der Waals surface area (Å²) in [6.45, 7) is 0. The number of furan rings is 1. The van der Waals surface area contributed by atoms with Gasteiger partial charge in [-0.05, 0) is 75.7 Å². The fourth-order valence-electron chi connectivity index (χ4n) is 9.04. The normalized spacial score (nSPS) is 11.3. The van der Waals surface area contributed by atoms with Crippen molar-refractivity contribution in [2.24, 2.45) is 0 Å². The Morgan fingerprint density at radius 1 is 0.500 bits per heavy atom. The van der Waals surface area contributed by atoms with Crippen molar-refractivity contribution in [1.82, 2.24) is 19.1 Å². The van der Waals surface area contributed by atoms with Gasteiger partial charge in [0.1, 0.15) is 5.58 Å². The van der Waals surface area contributed by atoms with Gasteiger partial charge in [-0.25, -0.2) is 0 Å². The molecule has 0 amide bonds. The van der Waals surface area contributed by atoms with Crippen molar-refractivity contribution in [3.05, 3.63) is 231 Å². The van der Waals surface area contributed by atoms with Gasteiger partial charge in [-0.1, -0.05) is 145 Å². The number of hydrogen-bond acceptors (Lipinski definition) is 3. The van der Waals surface area contributed by atoms with Crippen molar-refractivity contribution >= 4 is 65.6 Å². The van der Waals surface area contributed by atoms with Gasteiger partial charge in [0.15, 0.2) is 0 Å². The fourth-order valence-corrected chi connectivity index (χ4v) is 9.04. The van der Waals surface area contributed by atoms with Gasteiger partial charge in [0.2, 0.25) is 0 Å². The molecule has 0 aliphatic rings. The molecular weight excluding hydrogens is 961 g/mol. The number of benzene rings is 9. The monoisotopic (exact) mass is 997 g/mol. The minimum Gasteiger partial charge on any atom is -0.500 e. The second-order valence-electron chi connectivity index (χ2n) is 15.6. The van der Waals surface area contributed by atoms with Gasteiger partial charge in [0, 0.05) is 64.6 Å².